The van der Waals surface area contributed by atoms with E-state index in [9.17, 15) is 4.79 Å². The van der Waals surface area contributed by atoms with Crippen LogP contribution in [-0.2, 0) is 4.79 Å². The number of carboxylic acids is 1. The topological polar surface area (TPSA) is 75.7 Å². The van der Waals surface area contributed by atoms with Gasteiger partial charge < -0.3 is 10.8 Å². The quantitative estimate of drug-likeness (QED) is 0.281. The fraction of sp³-hybridized carbons (Fsp3) is 0.556. The van der Waals surface area contributed by atoms with E-state index in [0.717, 1.165) is 12.0 Å². The minimum absolute atomic E-state index is 0.226. The summed E-state index contributed by atoms with van der Waals surface area (Å²) in [4.78, 5) is 14.0. The third-order valence-corrected chi connectivity index (χ3v) is 1.53. The number of aliphatic carboxylic acids is 1. The molecule has 74 valence electrons. The molecule has 0 amide bonds. The molecule has 0 rings (SSSR count). The number of nitrogens with two attached hydrogens (primary N) is 1. The molecule has 0 aliphatic rings. The molecule has 0 heterocycles. The second-order valence-electron chi connectivity index (χ2n) is 2.83. The highest BCUT2D eigenvalue weighted by Crippen LogP contribution is 2.01. The van der Waals surface area contributed by atoms with Crippen molar-refractivity contribution in [3.63, 3.8) is 0 Å². The number of aliphatic imine (C=N–C) groups is 1. The molecule has 0 aromatic rings. The lowest BCUT2D eigenvalue weighted by molar-refractivity contribution is -0.137. The second-order valence-corrected chi connectivity index (χ2v) is 2.83. The third-order valence-electron chi connectivity index (χ3n) is 1.53. The van der Waals surface area contributed by atoms with Crippen LogP contribution in [0.1, 0.15) is 26.2 Å². The van der Waals surface area contributed by atoms with Crippen molar-refractivity contribution in [2.45, 2.75) is 26.2 Å². The van der Waals surface area contributed by atoms with E-state index in [0.29, 0.717) is 13.0 Å². The van der Waals surface area contributed by atoms with Crippen LogP contribution in [0.25, 0.3) is 0 Å². The average Bonchev–Trinajstić information content (AvgIpc) is 2.08. The van der Waals surface area contributed by atoms with Crippen molar-refractivity contribution in [1.29, 1.82) is 0 Å². The molecule has 4 nitrogen and oxygen atoms in total. The Kier molecular flexibility index (Phi) is 6.59. The Bertz CT molecular complexity index is 210. The Hall–Kier alpha value is -1.32. The fourth-order valence-corrected chi connectivity index (χ4v) is 0.863. The van der Waals surface area contributed by atoms with E-state index >= 15 is 0 Å². The molecule has 0 atom stereocenters. The molecule has 13 heavy (non-hydrogen) atoms. The number of rotatable bonds is 6. The van der Waals surface area contributed by atoms with Gasteiger partial charge in [-0.2, -0.15) is 0 Å². The zero-order chi connectivity index (χ0) is 10.1. The number of unbranched alkanes of at least 4 members (excludes halogenated alkanes) is 1. The van der Waals surface area contributed by atoms with Gasteiger partial charge in [0.2, 0.25) is 0 Å². The summed E-state index contributed by atoms with van der Waals surface area (Å²) in [6.45, 7) is 2.55. The van der Waals surface area contributed by atoms with Gasteiger partial charge >= 0.3 is 5.97 Å². The first-order valence-electron chi connectivity index (χ1n) is 4.24. The van der Waals surface area contributed by atoms with E-state index in [1.54, 1.807) is 0 Å². The molecular weight excluding hydrogens is 168 g/mol. The molecule has 0 unspecified atom stereocenters. The summed E-state index contributed by atoms with van der Waals surface area (Å²) in [6, 6.07) is 0. The predicted molar refractivity (Wildman–Crippen MR) is 52.8 cm³/mol. The van der Waals surface area contributed by atoms with Gasteiger partial charge in [0.1, 0.15) is 0 Å². The SMILES string of the molecule is C/C(=C\CCCC(=O)O)CN=CN. The molecule has 0 spiro atoms. The summed E-state index contributed by atoms with van der Waals surface area (Å²) in [7, 11) is 0. The summed E-state index contributed by atoms with van der Waals surface area (Å²) in [5, 5.41) is 8.36. The van der Waals surface area contributed by atoms with Gasteiger partial charge in [0, 0.05) is 6.42 Å². The molecule has 0 saturated carbocycles. The predicted octanol–water partition coefficient (Wildman–Crippen LogP) is 1.17. The third kappa shape index (κ3) is 8.59. The first-order chi connectivity index (χ1) is 6.16. The molecule has 0 aromatic carbocycles. The van der Waals surface area contributed by atoms with E-state index in [2.05, 4.69) is 4.99 Å². The largest absolute Gasteiger partial charge is 0.481 e. The normalized spacial score (nSPS) is 12.2. The Balaban J connectivity index is 3.52. The minimum atomic E-state index is -0.744. The summed E-state index contributed by atoms with van der Waals surface area (Å²) in [6.07, 6.45) is 4.96. The van der Waals surface area contributed by atoms with Crippen molar-refractivity contribution in [3.05, 3.63) is 11.6 Å². The van der Waals surface area contributed by atoms with Crippen LogP contribution in [0.3, 0.4) is 0 Å². The molecular formula is C9H16N2O2. The summed E-state index contributed by atoms with van der Waals surface area (Å²) >= 11 is 0. The van der Waals surface area contributed by atoms with Crippen LogP contribution in [0, 0.1) is 0 Å². The molecule has 0 aliphatic heterocycles. The summed E-state index contributed by atoms with van der Waals surface area (Å²) < 4.78 is 0. The molecule has 0 aromatic heterocycles. The van der Waals surface area contributed by atoms with Crippen molar-refractivity contribution in [3.8, 4) is 0 Å². The number of hydrogen-bond acceptors (Lipinski definition) is 2. The van der Waals surface area contributed by atoms with Crippen LogP contribution in [-0.4, -0.2) is 24.0 Å². The lowest BCUT2D eigenvalue weighted by Gasteiger charge is -1.95. The lowest BCUT2D eigenvalue weighted by atomic mass is 10.2. The van der Waals surface area contributed by atoms with Gasteiger partial charge in [0.25, 0.3) is 0 Å². The highest BCUT2D eigenvalue weighted by molar-refractivity contribution is 5.66. The smallest absolute Gasteiger partial charge is 0.303 e. The summed E-state index contributed by atoms with van der Waals surface area (Å²) in [5.41, 5.74) is 6.19. The van der Waals surface area contributed by atoms with Crippen LogP contribution in [0.2, 0.25) is 0 Å². The zero-order valence-electron chi connectivity index (χ0n) is 7.86. The van der Waals surface area contributed by atoms with Gasteiger partial charge in [-0.1, -0.05) is 11.6 Å². The van der Waals surface area contributed by atoms with Gasteiger partial charge in [-0.3, -0.25) is 9.79 Å². The highest BCUT2D eigenvalue weighted by atomic mass is 16.4. The Morgan fingerprint density at radius 1 is 1.62 bits per heavy atom. The van der Waals surface area contributed by atoms with Gasteiger partial charge in [-0.25, -0.2) is 0 Å². The van der Waals surface area contributed by atoms with Crippen LogP contribution >= 0.6 is 0 Å². The van der Waals surface area contributed by atoms with Gasteiger partial charge in [0.15, 0.2) is 0 Å². The van der Waals surface area contributed by atoms with E-state index in [1.165, 1.54) is 6.34 Å². The van der Waals surface area contributed by atoms with E-state index in [4.69, 9.17) is 10.8 Å². The first-order valence-corrected chi connectivity index (χ1v) is 4.24. The Labute approximate surface area is 78.2 Å². The van der Waals surface area contributed by atoms with Crippen molar-refractivity contribution in [2.24, 2.45) is 10.7 Å². The Morgan fingerprint density at radius 3 is 2.85 bits per heavy atom. The number of allylic oxidation sites excluding steroid dienone is 1. The van der Waals surface area contributed by atoms with Crippen LogP contribution in [0.4, 0.5) is 0 Å². The molecule has 3 N–H and O–H groups in total. The van der Waals surface area contributed by atoms with E-state index in [-0.39, 0.29) is 6.42 Å². The lowest BCUT2D eigenvalue weighted by Crippen LogP contribution is -1.94. The van der Waals surface area contributed by atoms with Crippen molar-refractivity contribution < 1.29 is 9.90 Å². The number of hydrogen-bond donors (Lipinski definition) is 2. The van der Waals surface area contributed by atoms with Crippen molar-refractivity contribution >= 4 is 12.3 Å². The minimum Gasteiger partial charge on any atom is -0.481 e. The number of carbonyl (C=O) groups is 1. The fourth-order valence-electron chi connectivity index (χ4n) is 0.863. The van der Waals surface area contributed by atoms with Crippen molar-refractivity contribution in [1.82, 2.24) is 0 Å². The first kappa shape index (κ1) is 11.7. The Morgan fingerprint density at radius 2 is 2.31 bits per heavy atom. The summed E-state index contributed by atoms with van der Waals surface area (Å²) in [5.74, 6) is -0.744. The average molecular weight is 184 g/mol. The molecule has 0 saturated heterocycles. The maximum absolute atomic E-state index is 10.2. The maximum atomic E-state index is 10.2. The number of carboxylic acid groups (broad SMARTS) is 1. The number of nitrogens with zero attached hydrogens (tertiary/aromatic N) is 1. The van der Waals surface area contributed by atoms with Gasteiger partial charge in [0.05, 0.1) is 12.9 Å². The maximum Gasteiger partial charge on any atom is 0.303 e. The zero-order valence-corrected chi connectivity index (χ0v) is 7.86. The molecule has 0 fully saturated rings. The van der Waals surface area contributed by atoms with Gasteiger partial charge in [-0.05, 0) is 19.8 Å². The highest BCUT2D eigenvalue weighted by Gasteiger charge is 1.94. The van der Waals surface area contributed by atoms with Crippen LogP contribution in [0.5, 0.6) is 0 Å². The monoisotopic (exact) mass is 184 g/mol. The van der Waals surface area contributed by atoms with Crippen molar-refractivity contribution in [2.75, 3.05) is 6.54 Å². The standard InChI is InChI=1S/C9H16N2O2/c1-8(6-11-7-10)4-2-3-5-9(12)13/h4,7H,2-3,5-6H2,1H3,(H2,10,11)(H,12,13)/b8-4+. The molecule has 0 bridgehead atoms. The second kappa shape index (κ2) is 7.34. The van der Waals surface area contributed by atoms with Crippen LogP contribution in [0.15, 0.2) is 16.6 Å². The van der Waals surface area contributed by atoms with Gasteiger partial charge in [-0.15, -0.1) is 0 Å². The molecule has 0 radical (unpaired) electrons. The molecule has 4 heteroatoms. The van der Waals surface area contributed by atoms with Crippen LogP contribution < -0.4 is 5.73 Å². The van der Waals surface area contributed by atoms with E-state index < -0.39 is 5.97 Å². The van der Waals surface area contributed by atoms with E-state index in [1.807, 2.05) is 13.0 Å². The molecule has 0 aliphatic carbocycles.